The van der Waals surface area contributed by atoms with E-state index in [-0.39, 0.29) is 11.6 Å². The van der Waals surface area contributed by atoms with Gasteiger partial charge in [-0.2, -0.15) is 13.2 Å². The number of urea groups is 1. The van der Waals surface area contributed by atoms with Crippen LogP contribution in [0.4, 0.5) is 23.7 Å². The zero-order valence-electron chi connectivity index (χ0n) is 17.3. The van der Waals surface area contributed by atoms with E-state index >= 15 is 0 Å². The first kappa shape index (κ1) is 25.6. The van der Waals surface area contributed by atoms with Gasteiger partial charge in [0.25, 0.3) is 11.8 Å². The minimum absolute atomic E-state index is 0.211. The van der Waals surface area contributed by atoms with E-state index in [0.29, 0.717) is 37.7 Å². The van der Waals surface area contributed by atoms with Crippen molar-refractivity contribution >= 4 is 63.8 Å². The summed E-state index contributed by atoms with van der Waals surface area (Å²) >= 11 is 7.96. The molecule has 2 aromatic carbocycles. The first-order valence-electron chi connectivity index (χ1n) is 9.37. The monoisotopic (exact) mass is 606 g/mol. The fourth-order valence-electron chi connectivity index (χ4n) is 3.01. The van der Waals surface area contributed by atoms with E-state index in [9.17, 15) is 27.6 Å². The summed E-state index contributed by atoms with van der Waals surface area (Å²) < 4.78 is 51.0. The van der Waals surface area contributed by atoms with E-state index in [1.54, 1.807) is 12.1 Å². The lowest BCUT2D eigenvalue weighted by atomic mass is 10.1. The largest absolute Gasteiger partial charge is 0.493 e. The van der Waals surface area contributed by atoms with Gasteiger partial charge >= 0.3 is 12.2 Å². The molecule has 1 fully saturated rings. The van der Waals surface area contributed by atoms with Gasteiger partial charge in [0.15, 0.2) is 11.5 Å². The Morgan fingerprint density at radius 1 is 1.21 bits per heavy atom. The number of hydrogen-bond acceptors (Lipinski definition) is 5. The summed E-state index contributed by atoms with van der Waals surface area (Å²) in [7, 11) is 1.40. The van der Waals surface area contributed by atoms with Crippen LogP contribution in [0.25, 0.3) is 6.08 Å². The molecule has 178 valence electrons. The number of rotatable bonds is 6. The summed E-state index contributed by atoms with van der Waals surface area (Å²) in [5.74, 6) is -1.44. The number of hydrogen-bond donors (Lipinski definition) is 1. The number of carbonyl (C=O) groups is 3. The summed E-state index contributed by atoms with van der Waals surface area (Å²) in [4.78, 5) is 38.3. The molecule has 1 N–H and O–H groups in total. The fraction of sp³-hybridized carbons (Fsp3) is 0.136. The molecule has 1 saturated heterocycles. The highest BCUT2D eigenvalue weighted by molar-refractivity contribution is 14.1. The Bertz CT molecular complexity index is 1230. The predicted molar refractivity (Wildman–Crippen MR) is 127 cm³/mol. The molecule has 0 bridgehead atoms. The third-order valence-electron chi connectivity index (χ3n) is 4.52. The van der Waals surface area contributed by atoms with Crippen molar-refractivity contribution in [1.82, 2.24) is 5.32 Å². The second-order valence-corrected chi connectivity index (χ2v) is 8.32. The SMILES string of the molecule is C=CCOc1c(I)cc(/C=C2\C(=O)NC(=O)N(c3cc(C(F)(F)F)ccc3Cl)C2=O)cc1OC. The number of barbiturate groups is 1. The molecule has 2 aromatic rings. The van der Waals surface area contributed by atoms with Crippen molar-refractivity contribution in [3.8, 4) is 11.5 Å². The molecule has 4 amide bonds. The van der Waals surface area contributed by atoms with Gasteiger partial charge in [-0.1, -0.05) is 24.3 Å². The Kier molecular flexibility index (Phi) is 7.56. The van der Waals surface area contributed by atoms with Crippen molar-refractivity contribution in [1.29, 1.82) is 0 Å². The number of amides is 4. The van der Waals surface area contributed by atoms with Crippen molar-refractivity contribution in [2.75, 3.05) is 18.6 Å². The van der Waals surface area contributed by atoms with Crippen LogP contribution >= 0.6 is 34.2 Å². The van der Waals surface area contributed by atoms with Crippen LogP contribution in [-0.4, -0.2) is 31.6 Å². The minimum atomic E-state index is -4.74. The molecular weight excluding hydrogens is 592 g/mol. The maximum absolute atomic E-state index is 13.2. The molecule has 3 rings (SSSR count). The maximum Gasteiger partial charge on any atom is 0.416 e. The number of anilines is 1. The van der Waals surface area contributed by atoms with Gasteiger partial charge in [-0.15, -0.1) is 0 Å². The number of nitrogens with one attached hydrogen (secondary N) is 1. The van der Waals surface area contributed by atoms with Crippen molar-refractivity contribution < 1.29 is 37.0 Å². The van der Waals surface area contributed by atoms with Gasteiger partial charge in [0.05, 0.1) is 27.0 Å². The third-order valence-corrected chi connectivity index (χ3v) is 5.65. The Hall–Kier alpha value is -3.06. The molecule has 0 spiro atoms. The lowest BCUT2D eigenvalue weighted by Gasteiger charge is -2.27. The molecule has 1 heterocycles. The minimum Gasteiger partial charge on any atom is -0.493 e. The molecule has 12 heteroatoms. The molecule has 7 nitrogen and oxygen atoms in total. The Morgan fingerprint density at radius 3 is 2.53 bits per heavy atom. The van der Waals surface area contributed by atoms with Crippen LogP contribution in [0.3, 0.4) is 0 Å². The number of ether oxygens (including phenoxy) is 2. The van der Waals surface area contributed by atoms with E-state index in [1.807, 2.05) is 27.9 Å². The van der Waals surface area contributed by atoms with E-state index in [0.717, 1.165) is 6.07 Å². The van der Waals surface area contributed by atoms with Gasteiger partial charge in [-0.3, -0.25) is 14.9 Å². The van der Waals surface area contributed by atoms with Crippen LogP contribution in [0.2, 0.25) is 5.02 Å². The highest BCUT2D eigenvalue weighted by atomic mass is 127. The summed E-state index contributed by atoms with van der Waals surface area (Å²) in [6.07, 6.45) is -2.02. The summed E-state index contributed by atoms with van der Waals surface area (Å²) in [6, 6.07) is 4.04. The van der Waals surface area contributed by atoms with Gasteiger partial charge in [0, 0.05) is 0 Å². The molecule has 1 aliphatic heterocycles. The Morgan fingerprint density at radius 2 is 1.91 bits per heavy atom. The van der Waals surface area contributed by atoms with Gasteiger partial charge in [0.2, 0.25) is 0 Å². The zero-order valence-corrected chi connectivity index (χ0v) is 20.2. The van der Waals surface area contributed by atoms with Crippen LogP contribution in [0.1, 0.15) is 11.1 Å². The van der Waals surface area contributed by atoms with Crippen LogP contribution < -0.4 is 19.7 Å². The zero-order chi connectivity index (χ0) is 25.2. The second-order valence-electron chi connectivity index (χ2n) is 6.76. The molecule has 0 unspecified atom stereocenters. The Labute approximate surface area is 210 Å². The number of nitrogens with zero attached hydrogens (tertiary/aromatic N) is 1. The number of alkyl halides is 3. The van der Waals surface area contributed by atoms with Crippen LogP contribution in [0.15, 0.2) is 48.6 Å². The van der Waals surface area contributed by atoms with Gasteiger partial charge in [0.1, 0.15) is 12.2 Å². The number of methoxy groups -OCH3 is 1. The van der Waals surface area contributed by atoms with E-state index < -0.39 is 40.8 Å². The third kappa shape index (κ3) is 5.20. The van der Waals surface area contributed by atoms with Gasteiger partial charge in [-0.25, -0.2) is 9.69 Å². The highest BCUT2D eigenvalue weighted by Gasteiger charge is 2.39. The topological polar surface area (TPSA) is 84.9 Å². The first-order valence-corrected chi connectivity index (χ1v) is 10.8. The van der Waals surface area contributed by atoms with Gasteiger partial charge < -0.3 is 9.47 Å². The first-order chi connectivity index (χ1) is 16.0. The smallest absolute Gasteiger partial charge is 0.416 e. The summed E-state index contributed by atoms with van der Waals surface area (Å²) in [5, 5.41) is 1.66. The van der Waals surface area contributed by atoms with Crippen molar-refractivity contribution in [2.45, 2.75) is 6.18 Å². The van der Waals surface area contributed by atoms with Crippen LogP contribution in [-0.2, 0) is 15.8 Å². The second kappa shape index (κ2) is 10.1. The number of imide groups is 2. The van der Waals surface area contributed by atoms with Crippen LogP contribution in [0, 0.1) is 3.57 Å². The summed E-state index contributed by atoms with van der Waals surface area (Å²) in [5.41, 5.74) is -1.79. The number of carbonyl (C=O) groups excluding carboxylic acids is 3. The van der Waals surface area contributed by atoms with Gasteiger partial charge in [-0.05, 0) is 64.6 Å². The number of halogens is 5. The van der Waals surface area contributed by atoms with Crippen molar-refractivity contribution in [2.24, 2.45) is 0 Å². The van der Waals surface area contributed by atoms with Crippen molar-refractivity contribution in [3.05, 3.63) is 68.3 Å². The van der Waals surface area contributed by atoms with Crippen LogP contribution in [0.5, 0.6) is 11.5 Å². The average Bonchev–Trinajstić information content (AvgIpc) is 2.75. The maximum atomic E-state index is 13.2. The molecule has 0 aliphatic carbocycles. The summed E-state index contributed by atoms with van der Waals surface area (Å²) in [6.45, 7) is 3.78. The standard InChI is InChI=1S/C22H15ClF3IN2O5/c1-3-6-34-18-15(27)8-11(9-17(18)33-2)7-13-19(30)28-21(32)29(20(13)31)16-10-12(22(24,25)26)4-5-14(16)23/h3-5,7-10H,1,6H2,2H3,(H,28,30,32)/b13-7+. The van der Waals surface area contributed by atoms with E-state index in [2.05, 4.69) is 6.58 Å². The normalized spacial score (nSPS) is 15.4. The predicted octanol–water partition coefficient (Wildman–Crippen LogP) is 5.20. The van der Waals surface area contributed by atoms with E-state index in [1.165, 1.54) is 19.3 Å². The van der Waals surface area contributed by atoms with Crippen molar-refractivity contribution in [3.63, 3.8) is 0 Å². The lowest BCUT2D eigenvalue weighted by Crippen LogP contribution is -2.54. The number of benzene rings is 2. The molecular formula is C22H15ClF3IN2O5. The molecule has 0 atom stereocenters. The molecule has 0 aromatic heterocycles. The highest BCUT2D eigenvalue weighted by Crippen LogP contribution is 2.37. The van der Waals surface area contributed by atoms with E-state index in [4.69, 9.17) is 21.1 Å². The lowest BCUT2D eigenvalue weighted by molar-refractivity contribution is -0.137. The molecule has 0 saturated carbocycles. The quantitative estimate of drug-likeness (QED) is 0.212. The molecule has 1 aliphatic rings. The molecule has 34 heavy (non-hydrogen) atoms. The molecule has 0 radical (unpaired) electrons. The Balaban J connectivity index is 2.07. The fourth-order valence-corrected chi connectivity index (χ4v) is 3.99. The average molecular weight is 607 g/mol.